The first-order valence-electron chi connectivity index (χ1n) is 6.34. The number of benzene rings is 1. The van der Waals surface area contributed by atoms with Crippen LogP contribution in [0.2, 0.25) is 0 Å². The first kappa shape index (κ1) is 15.6. The fraction of sp³-hybridized carbons (Fsp3) is 0.571. The van der Waals surface area contributed by atoms with Crippen molar-refractivity contribution in [3.8, 4) is 0 Å². The summed E-state index contributed by atoms with van der Waals surface area (Å²) in [6, 6.07) is 5.18. The monoisotopic (exact) mass is 266 g/mol. The quantitative estimate of drug-likeness (QED) is 0.634. The molecule has 1 unspecified atom stereocenters. The molecule has 0 saturated heterocycles. The standard InChI is InChI=1S/C14H22N2O3/c1-10-5-6-11(7-12(10)16(18)19)8-15-9-13(17)14(2,3)4/h5-7,13,15,17H,8-9H2,1-4H3. The van der Waals surface area contributed by atoms with E-state index in [1.165, 1.54) is 0 Å². The lowest BCUT2D eigenvalue weighted by molar-refractivity contribution is -0.385. The minimum absolute atomic E-state index is 0.135. The zero-order valence-electron chi connectivity index (χ0n) is 11.9. The fourth-order valence-corrected chi connectivity index (χ4v) is 1.62. The average molecular weight is 266 g/mol. The molecule has 0 aromatic heterocycles. The second-order valence-corrected chi connectivity index (χ2v) is 5.89. The van der Waals surface area contributed by atoms with Crippen LogP contribution in [-0.4, -0.2) is 22.7 Å². The van der Waals surface area contributed by atoms with Crippen molar-refractivity contribution in [2.45, 2.75) is 40.3 Å². The van der Waals surface area contributed by atoms with Gasteiger partial charge in [0.25, 0.3) is 5.69 Å². The van der Waals surface area contributed by atoms with E-state index in [2.05, 4.69) is 5.32 Å². The Morgan fingerprint density at radius 2 is 2.05 bits per heavy atom. The second kappa shape index (κ2) is 6.12. The zero-order valence-corrected chi connectivity index (χ0v) is 11.9. The summed E-state index contributed by atoms with van der Waals surface area (Å²) in [5.74, 6) is 0. The number of aliphatic hydroxyl groups is 1. The molecular weight excluding hydrogens is 244 g/mol. The maximum absolute atomic E-state index is 10.8. The Morgan fingerprint density at radius 3 is 2.58 bits per heavy atom. The summed E-state index contributed by atoms with van der Waals surface area (Å²) in [6.07, 6.45) is -0.451. The highest BCUT2D eigenvalue weighted by molar-refractivity contribution is 5.42. The van der Waals surface area contributed by atoms with Crippen LogP contribution in [0.5, 0.6) is 0 Å². The molecule has 106 valence electrons. The average Bonchev–Trinajstić information content (AvgIpc) is 2.29. The topological polar surface area (TPSA) is 75.4 Å². The minimum atomic E-state index is -0.451. The number of rotatable bonds is 5. The molecule has 0 aliphatic rings. The van der Waals surface area contributed by atoms with Crippen molar-refractivity contribution in [2.75, 3.05) is 6.54 Å². The van der Waals surface area contributed by atoms with Crippen LogP contribution in [0.25, 0.3) is 0 Å². The van der Waals surface area contributed by atoms with Gasteiger partial charge in [0.1, 0.15) is 0 Å². The Hall–Kier alpha value is -1.46. The molecule has 0 spiro atoms. The van der Waals surface area contributed by atoms with E-state index in [1.807, 2.05) is 26.8 Å². The third-order valence-corrected chi connectivity index (χ3v) is 3.14. The summed E-state index contributed by atoms with van der Waals surface area (Å²) in [5, 5.41) is 23.8. The highest BCUT2D eigenvalue weighted by Gasteiger charge is 2.21. The highest BCUT2D eigenvalue weighted by atomic mass is 16.6. The number of nitro groups is 1. The van der Waals surface area contributed by atoms with Gasteiger partial charge in [0.2, 0.25) is 0 Å². The van der Waals surface area contributed by atoms with Gasteiger partial charge >= 0.3 is 0 Å². The number of nitrogens with zero attached hydrogens (tertiary/aromatic N) is 1. The fourth-order valence-electron chi connectivity index (χ4n) is 1.62. The Morgan fingerprint density at radius 1 is 1.42 bits per heavy atom. The number of aliphatic hydroxyl groups excluding tert-OH is 1. The molecule has 0 aliphatic carbocycles. The van der Waals surface area contributed by atoms with Crippen LogP contribution in [-0.2, 0) is 6.54 Å². The largest absolute Gasteiger partial charge is 0.391 e. The molecule has 19 heavy (non-hydrogen) atoms. The Bertz CT molecular complexity index is 452. The van der Waals surface area contributed by atoms with Crippen LogP contribution in [0.4, 0.5) is 5.69 Å². The molecule has 5 nitrogen and oxygen atoms in total. The molecule has 5 heteroatoms. The van der Waals surface area contributed by atoms with Gasteiger partial charge in [-0.05, 0) is 17.9 Å². The number of nitro benzene ring substituents is 1. The number of hydrogen-bond acceptors (Lipinski definition) is 4. The lowest BCUT2D eigenvalue weighted by Gasteiger charge is -2.26. The molecule has 0 amide bonds. The molecule has 0 aliphatic heterocycles. The SMILES string of the molecule is Cc1ccc(CNCC(O)C(C)(C)C)cc1[N+](=O)[O-]. The van der Waals surface area contributed by atoms with Gasteiger partial charge < -0.3 is 10.4 Å². The van der Waals surface area contributed by atoms with Crippen LogP contribution in [0.1, 0.15) is 31.9 Å². The molecule has 1 rings (SSSR count). The number of nitrogens with one attached hydrogen (secondary N) is 1. The van der Waals surface area contributed by atoms with Gasteiger partial charge in [0.05, 0.1) is 11.0 Å². The molecule has 1 aromatic carbocycles. The smallest absolute Gasteiger partial charge is 0.272 e. The van der Waals surface area contributed by atoms with Gasteiger partial charge in [-0.1, -0.05) is 32.9 Å². The molecule has 2 N–H and O–H groups in total. The molecule has 0 fully saturated rings. The molecule has 1 aromatic rings. The van der Waals surface area contributed by atoms with Crippen molar-refractivity contribution < 1.29 is 10.0 Å². The van der Waals surface area contributed by atoms with Crippen molar-refractivity contribution in [3.05, 3.63) is 39.4 Å². The molecule has 0 saturated carbocycles. The van der Waals surface area contributed by atoms with E-state index < -0.39 is 6.10 Å². The van der Waals surface area contributed by atoms with Gasteiger partial charge in [-0.3, -0.25) is 10.1 Å². The summed E-state index contributed by atoms with van der Waals surface area (Å²) in [5.41, 5.74) is 1.46. The third-order valence-electron chi connectivity index (χ3n) is 3.14. The zero-order chi connectivity index (χ0) is 14.6. The maximum Gasteiger partial charge on any atom is 0.272 e. The van der Waals surface area contributed by atoms with Crippen LogP contribution < -0.4 is 5.32 Å². The number of aryl methyl sites for hydroxylation is 1. The summed E-state index contributed by atoms with van der Waals surface area (Å²) in [4.78, 5) is 10.5. The molecular formula is C14H22N2O3. The van der Waals surface area contributed by atoms with E-state index in [4.69, 9.17) is 0 Å². The lowest BCUT2D eigenvalue weighted by atomic mass is 9.89. The maximum atomic E-state index is 10.8. The molecule has 0 bridgehead atoms. The summed E-state index contributed by atoms with van der Waals surface area (Å²) in [6.45, 7) is 8.60. The highest BCUT2D eigenvalue weighted by Crippen LogP contribution is 2.20. The van der Waals surface area contributed by atoms with Crippen LogP contribution in [0.15, 0.2) is 18.2 Å². The van der Waals surface area contributed by atoms with Crippen molar-refractivity contribution in [1.29, 1.82) is 0 Å². The van der Waals surface area contributed by atoms with Gasteiger partial charge in [-0.15, -0.1) is 0 Å². The van der Waals surface area contributed by atoms with Gasteiger partial charge in [-0.25, -0.2) is 0 Å². The first-order chi connectivity index (χ1) is 8.71. The van der Waals surface area contributed by atoms with E-state index in [1.54, 1.807) is 19.1 Å². The van der Waals surface area contributed by atoms with Crippen LogP contribution in [0, 0.1) is 22.5 Å². The van der Waals surface area contributed by atoms with Gasteiger partial charge in [0.15, 0.2) is 0 Å². The van der Waals surface area contributed by atoms with Crippen molar-refractivity contribution in [1.82, 2.24) is 5.32 Å². The van der Waals surface area contributed by atoms with Crippen molar-refractivity contribution >= 4 is 5.69 Å². The molecule has 0 heterocycles. The lowest BCUT2D eigenvalue weighted by Crippen LogP contribution is -2.36. The predicted octanol–water partition coefficient (Wildman–Crippen LogP) is 2.40. The van der Waals surface area contributed by atoms with E-state index >= 15 is 0 Å². The van der Waals surface area contributed by atoms with Crippen LogP contribution >= 0.6 is 0 Å². The van der Waals surface area contributed by atoms with E-state index in [9.17, 15) is 15.2 Å². The van der Waals surface area contributed by atoms with Gasteiger partial charge in [0, 0.05) is 24.7 Å². The third kappa shape index (κ3) is 4.61. The van der Waals surface area contributed by atoms with Crippen LogP contribution in [0.3, 0.4) is 0 Å². The van der Waals surface area contributed by atoms with Gasteiger partial charge in [-0.2, -0.15) is 0 Å². The summed E-state index contributed by atoms with van der Waals surface area (Å²) >= 11 is 0. The Labute approximate surface area is 113 Å². The first-order valence-corrected chi connectivity index (χ1v) is 6.34. The Balaban J connectivity index is 2.60. The Kier molecular flexibility index (Phi) is 5.03. The van der Waals surface area contributed by atoms with Crippen molar-refractivity contribution in [3.63, 3.8) is 0 Å². The minimum Gasteiger partial charge on any atom is -0.391 e. The molecule has 0 radical (unpaired) electrons. The predicted molar refractivity (Wildman–Crippen MR) is 75.0 cm³/mol. The van der Waals surface area contributed by atoms with E-state index in [-0.39, 0.29) is 16.0 Å². The summed E-state index contributed by atoms with van der Waals surface area (Å²) < 4.78 is 0. The second-order valence-electron chi connectivity index (χ2n) is 5.89. The van der Waals surface area contributed by atoms with Crippen molar-refractivity contribution in [2.24, 2.45) is 5.41 Å². The molecule has 1 atom stereocenters. The van der Waals surface area contributed by atoms with E-state index in [0.717, 1.165) is 5.56 Å². The summed E-state index contributed by atoms with van der Waals surface area (Å²) in [7, 11) is 0. The number of hydrogen-bond donors (Lipinski definition) is 2. The van der Waals surface area contributed by atoms with E-state index in [0.29, 0.717) is 18.7 Å². The normalized spacial score (nSPS) is 13.3.